The highest BCUT2D eigenvalue weighted by Gasteiger charge is 2.11. The number of anilines is 2. The molecule has 0 saturated carbocycles. The number of hydrogen-bond donors (Lipinski definition) is 2. The highest BCUT2D eigenvalue weighted by molar-refractivity contribution is 5.87. The van der Waals surface area contributed by atoms with Crippen LogP contribution in [0.5, 0.6) is 17.2 Å². The van der Waals surface area contributed by atoms with Crippen LogP contribution in [0, 0.1) is 5.82 Å². The fourth-order valence-corrected chi connectivity index (χ4v) is 2.48. The number of hydrogen-bond acceptors (Lipinski definition) is 6. The van der Waals surface area contributed by atoms with Crippen LogP contribution in [0.15, 0.2) is 55.0 Å². The van der Waals surface area contributed by atoms with Gasteiger partial charge in [-0.2, -0.15) is 5.10 Å². The molecule has 130 valence electrons. The van der Waals surface area contributed by atoms with Crippen molar-refractivity contribution in [3.05, 3.63) is 60.8 Å². The fourth-order valence-electron chi connectivity index (χ4n) is 2.48. The summed E-state index contributed by atoms with van der Waals surface area (Å²) in [5.74, 6) is 1.07. The molecule has 0 saturated heterocycles. The molecule has 4 rings (SSSR count). The summed E-state index contributed by atoms with van der Waals surface area (Å²) in [6, 6.07) is 11.6. The Kier molecular flexibility index (Phi) is 4.06. The Hall–Kier alpha value is -3.68. The number of nitrogens with zero attached hydrogens (tertiary/aromatic N) is 3. The van der Waals surface area contributed by atoms with Crippen LogP contribution in [-0.4, -0.2) is 27.3 Å². The van der Waals surface area contributed by atoms with Gasteiger partial charge in [-0.15, -0.1) is 0 Å². The van der Waals surface area contributed by atoms with Crippen molar-refractivity contribution in [3.63, 3.8) is 0 Å². The van der Waals surface area contributed by atoms with E-state index in [-0.39, 0.29) is 5.75 Å². The summed E-state index contributed by atoms with van der Waals surface area (Å²) in [6.45, 7) is 0. The average Bonchev–Trinajstić information content (AvgIpc) is 3.14. The van der Waals surface area contributed by atoms with Crippen LogP contribution < -0.4 is 14.8 Å². The molecule has 0 spiro atoms. The minimum Gasteiger partial charge on any atom is -0.493 e. The zero-order chi connectivity index (χ0) is 17.9. The van der Waals surface area contributed by atoms with Crippen molar-refractivity contribution < 1.29 is 13.9 Å². The van der Waals surface area contributed by atoms with Crippen LogP contribution in [0.4, 0.5) is 15.9 Å². The zero-order valence-corrected chi connectivity index (χ0v) is 13.7. The van der Waals surface area contributed by atoms with Gasteiger partial charge in [0.1, 0.15) is 12.1 Å². The number of ether oxygens (including phenoxy) is 2. The van der Waals surface area contributed by atoms with Gasteiger partial charge in [-0.25, -0.2) is 14.4 Å². The lowest BCUT2D eigenvalue weighted by molar-refractivity contribution is 0.371. The second kappa shape index (κ2) is 6.67. The van der Waals surface area contributed by atoms with E-state index in [1.165, 1.54) is 25.6 Å². The van der Waals surface area contributed by atoms with Gasteiger partial charge >= 0.3 is 0 Å². The Morgan fingerprint density at radius 1 is 1.04 bits per heavy atom. The van der Waals surface area contributed by atoms with Crippen LogP contribution in [0.1, 0.15) is 0 Å². The Morgan fingerprint density at radius 2 is 1.88 bits per heavy atom. The van der Waals surface area contributed by atoms with E-state index in [9.17, 15) is 4.39 Å². The largest absolute Gasteiger partial charge is 0.493 e. The summed E-state index contributed by atoms with van der Waals surface area (Å²) in [5, 5.41) is 10.4. The van der Waals surface area contributed by atoms with Crippen molar-refractivity contribution in [1.29, 1.82) is 0 Å². The molecule has 0 unspecified atom stereocenters. The van der Waals surface area contributed by atoms with E-state index in [1.54, 1.807) is 30.5 Å². The molecule has 0 radical (unpaired) electrons. The molecule has 0 atom stereocenters. The van der Waals surface area contributed by atoms with Gasteiger partial charge in [-0.05, 0) is 24.3 Å². The van der Waals surface area contributed by atoms with E-state index in [0.29, 0.717) is 34.0 Å². The molecule has 0 aliphatic carbocycles. The summed E-state index contributed by atoms with van der Waals surface area (Å²) >= 11 is 0. The second-order valence-corrected chi connectivity index (χ2v) is 5.38. The van der Waals surface area contributed by atoms with Crippen molar-refractivity contribution in [2.45, 2.75) is 0 Å². The summed E-state index contributed by atoms with van der Waals surface area (Å²) in [5.41, 5.74) is 1.12. The number of benzene rings is 2. The molecule has 7 nitrogen and oxygen atoms in total. The van der Waals surface area contributed by atoms with Crippen LogP contribution in [0.25, 0.3) is 11.0 Å². The summed E-state index contributed by atoms with van der Waals surface area (Å²) in [7, 11) is 1.53. The molecule has 0 bridgehead atoms. The smallest absolute Gasteiger partial charge is 0.169 e. The first-order valence-electron chi connectivity index (χ1n) is 7.76. The Labute approximate surface area is 147 Å². The van der Waals surface area contributed by atoms with Gasteiger partial charge in [-0.3, -0.25) is 5.10 Å². The lowest BCUT2D eigenvalue weighted by atomic mass is 10.2. The van der Waals surface area contributed by atoms with E-state index in [4.69, 9.17) is 9.47 Å². The number of aromatic nitrogens is 4. The van der Waals surface area contributed by atoms with Crippen LogP contribution in [0.2, 0.25) is 0 Å². The topological polar surface area (TPSA) is 85.0 Å². The third-order valence-corrected chi connectivity index (χ3v) is 3.73. The summed E-state index contributed by atoms with van der Waals surface area (Å²) in [4.78, 5) is 8.23. The normalized spacial score (nSPS) is 10.7. The molecule has 0 fully saturated rings. The van der Waals surface area contributed by atoms with Crippen LogP contribution in [-0.2, 0) is 0 Å². The highest BCUT2D eigenvalue weighted by atomic mass is 19.1. The van der Waals surface area contributed by atoms with Gasteiger partial charge in [0, 0.05) is 11.8 Å². The molecule has 0 aliphatic heterocycles. The molecular weight excluding hydrogens is 337 g/mol. The fraction of sp³-hybridized carbons (Fsp3) is 0.0556. The van der Waals surface area contributed by atoms with Gasteiger partial charge in [0.2, 0.25) is 0 Å². The first-order valence-corrected chi connectivity index (χ1v) is 7.76. The van der Waals surface area contributed by atoms with E-state index in [1.807, 2.05) is 6.07 Å². The van der Waals surface area contributed by atoms with Crippen molar-refractivity contribution in [1.82, 2.24) is 20.2 Å². The number of aromatic amines is 1. The van der Waals surface area contributed by atoms with E-state index in [0.717, 1.165) is 0 Å². The number of rotatable bonds is 5. The van der Waals surface area contributed by atoms with Crippen LogP contribution in [0.3, 0.4) is 0 Å². The molecule has 4 aromatic rings. The van der Waals surface area contributed by atoms with E-state index < -0.39 is 5.82 Å². The number of H-pyrrole nitrogens is 1. The van der Waals surface area contributed by atoms with Gasteiger partial charge in [0.15, 0.2) is 28.7 Å². The minimum atomic E-state index is -0.515. The molecule has 0 aliphatic rings. The third kappa shape index (κ3) is 3.00. The first-order chi connectivity index (χ1) is 12.7. The van der Waals surface area contributed by atoms with Crippen molar-refractivity contribution in [3.8, 4) is 17.2 Å². The first kappa shape index (κ1) is 15.8. The van der Waals surface area contributed by atoms with Crippen LogP contribution >= 0.6 is 0 Å². The summed E-state index contributed by atoms with van der Waals surface area (Å²) in [6.07, 6.45) is 3.01. The maximum absolute atomic E-state index is 14.5. The number of para-hydroxylation sites is 2. The Balaban J connectivity index is 1.59. The van der Waals surface area contributed by atoms with Gasteiger partial charge in [0.05, 0.1) is 18.7 Å². The summed E-state index contributed by atoms with van der Waals surface area (Å²) < 4.78 is 25.3. The predicted octanol–water partition coefficient (Wildman–Crippen LogP) is 4.04. The highest BCUT2D eigenvalue weighted by Crippen LogP contribution is 2.33. The lowest BCUT2D eigenvalue weighted by Gasteiger charge is -2.12. The molecule has 0 amide bonds. The maximum atomic E-state index is 14.5. The third-order valence-electron chi connectivity index (χ3n) is 3.73. The van der Waals surface area contributed by atoms with E-state index >= 15 is 0 Å². The SMILES string of the molecule is COc1ccccc1Oc1ccc(Nc2ncnc3[nH]ncc23)cc1F. The van der Waals surface area contributed by atoms with Gasteiger partial charge in [-0.1, -0.05) is 12.1 Å². The molecule has 2 aromatic carbocycles. The van der Waals surface area contributed by atoms with E-state index in [2.05, 4.69) is 25.5 Å². The van der Waals surface area contributed by atoms with Crippen molar-refractivity contribution in [2.24, 2.45) is 0 Å². The molecule has 2 heterocycles. The Bertz CT molecular complexity index is 1070. The maximum Gasteiger partial charge on any atom is 0.169 e. The lowest BCUT2D eigenvalue weighted by Crippen LogP contribution is -1.97. The predicted molar refractivity (Wildman–Crippen MR) is 94.4 cm³/mol. The molecule has 2 aromatic heterocycles. The molecular formula is C18H14FN5O2. The van der Waals surface area contributed by atoms with Gasteiger partial charge < -0.3 is 14.8 Å². The monoisotopic (exact) mass is 351 g/mol. The average molecular weight is 351 g/mol. The second-order valence-electron chi connectivity index (χ2n) is 5.38. The Morgan fingerprint density at radius 3 is 2.69 bits per heavy atom. The minimum absolute atomic E-state index is 0.0937. The molecule has 26 heavy (non-hydrogen) atoms. The number of fused-ring (bicyclic) bond motifs is 1. The molecule has 8 heteroatoms. The quantitative estimate of drug-likeness (QED) is 0.564. The van der Waals surface area contributed by atoms with Gasteiger partial charge in [0.25, 0.3) is 0 Å². The number of methoxy groups -OCH3 is 1. The molecule has 2 N–H and O–H groups in total. The zero-order valence-electron chi connectivity index (χ0n) is 13.7. The standard InChI is InChI=1S/C18H14FN5O2/c1-25-15-4-2-3-5-16(15)26-14-7-6-11(8-13(14)19)23-17-12-9-22-24-18(12)21-10-20-17/h2-10H,1H3,(H2,20,21,22,23,24). The van der Waals surface area contributed by atoms with Crippen molar-refractivity contribution in [2.75, 3.05) is 12.4 Å². The number of nitrogens with one attached hydrogen (secondary N) is 2. The van der Waals surface area contributed by atoms with Crippen molar-refractivity contribution >= 4 is 22.5 Å². The number of halogens is 1.